The van der Waals surface area contributed by atoms with E-state index in [1.165, 1.54) is 0 Å². The van der Waals surface area contributed by atoms with Gasteiger partial charge in [0.2, 0.25) is 17.6 Å². The molecule has 5 aliphatic rings. The number of nitrogens with zero attached hydrogens (tertiary/aromatic N) is 1. The zero-order valence-corrected chi connectivity index (χ0v) is 33.1. The van der Waals surface area contributed by atoms with Crippen molar-refractivity contribution in [2.75, 3.05) is 12.3 Å². The van der Waals surface area contributed by atoms with Gasteiger partial charge in [-0.05, 0) is 101 Å². The van der Waals surface area contributed by atoms with Gasteiger partial charge in [0.25, 0.3) is 0 Å². The Morgan fingerprint density at radius 3 is 2.08 bits per heavy atom. The molecule has 5 atom stereocenters. The van der Waals surface area contributed by atoms with Crippen molar-refractivity contribution in [1.82, 2.24) is 4.90 Å². The molecule has 3 saturated carbocycles. The maximum Gasteiger partial charge on any atom is 0.248 e. The van der Waals surface area contributed by atoms with Crippen LogP contribution >= 0.6 is 0 Å². The molecule has 52 heavy (non-hydrogen) atoms. The second kappa shape index (κ2) is 15.6. The minimum Gasteiger partial charge on any atom is -0.332 e. The van der Waals surface area contributed by atoms with Crippen molar-refractivity contribution in [3.63, 3.8) is 0 Å². The van der Waals surface area contributed by atoms with Gasteiger partial charge in [0, 0.05) is 56.9 Å². The Kier molecular flexibility index (Phi) is 12.3. The van der Waals surface area contributed by atoms with Crippen molar-refractivity contribution < 1.29 is 41.2 Å². The standard InChI is InChI=1S/C41H63F2NO7S/c1-38(2,3)52(50,51)26-40(17-9-7-10-18-40)24-30(45)22-29-14-12-20-41(42,43)19-11-6-8-13-28(36(48)33(47)21-27-15-16-27)23-32(46)35-34-31(39(34,4)5)25-44(35)37(29)49/h27-29,31,34-35H,6-26H2,1-5H3/t28-,29-,31+,34+,35-/m1/s1. The van der Waals surface area contributed by atoms with Crippen LogP contribution in [0.3, 0.4) is 0 Å². The molecule has 2 saturated heterocycles. The molecule has 0 N–H and O–H groups in total. The van der Waals surface area contributed by atoms with Gasteiger partial charge >= 0.3 is 0 Å². The summed E-state index contributed by atoms with van der Waals surface area (Å²) in [6.45, 7) is 9.45. The number of amides is 1. The third kappa shape index (κ3) is 9.60. The van der Waals surface area contributed by atoms with Gasteiger partial charge in [-0.1, -0.05) is 46.0 Å². The molecule has 0 unspecified atom stereocenters. The molecule has 11 heteroatoms. The van der Waals surface area contributed by atoms with Gasteiger partial charge < -0.3 is 4.90 Å². The zero-order chi connectivity index (χ0) is 38.3. The van der Waals surface area contributed by atoms with E-state index in [2.05, 4.69) is 13.8 Å². The number of halogens is 2. The Hall–Kier alpha value is -2.04. The molecule has 0 radical (unpaired) electrons. The molecule has 1 amide bonds. The third-order valence-corrected chi connectivity index (χ3v) is 16.4. The molecule has 0 bridgehead atoms. The second-order valence-corrected chi connectivity index (χ2v) is 21.8. The zero-order valence-electron chi connectivity index (χ0n) is 32.3. The molecule has 5 fully saturated rings. The molecule has 0 aromatic carbocycles. The van der Waals surface area contributed by atoms with Crippen LogP contribution in [0.15, 0.2) is 0 Å². The number of sulfone groups is 1. The van der Waals surface area contributed by atoms with Gasteiger partial charge in [0.15, 0.2) is 21.4 Å². The number of carbonyl (C=O) groups excluding carboxylic acids is 5. The van der Waals surface area contributed by atoms with Crippen molar-refractivity contribution in [2.24, 2.45) is 40.4 Å². The number of carbonyl (C=O) groups is 5. The van der Waals surface area contributed by atoms with Gasteiger partial charge in [-0.3, -0.25) is 24.0 Å². The summed E-state index contributed by atoms with van der Waals surface area (Å²) in [6, 6.07) is -0.796. The Labute approximate surface area is 310 Å². The van der Waals surface area contributed by atoms with E-state index in [4.69, 9.17) is 0 Å². The molecule has 0 aromatic rings. The minimum absolute atomic E-state index is 0.0154. The molecule has 0 spiro atoms. The second-order valence-electron chi connectivity index (χ2n) is 19.1. The van der Waals surface area contributed by atoms with E-state index in [-0.39, 0.29) is 98.3 Å². The van der Waals surface area contributed by atoms with E-state index >= 15 is 8.78 Å². The van der Waals surface area contributed by atoms with Crippen LogP contribution in [-0.4, -0.2) is 71.4 Å². The third-order valence-electron chi connectivity index (χ3n) is 13.5. The maximum absolute atomic E-state index is 15.1. The van der Waals surface area contributed by atoms with E-state index in [0.717, 1.165) is 32.1 Å². The van der Waals surface area contributed by atoms with Crippen LogP contribution in [0.5, 0.6) is 0 Å². The Bertz CT molecular complexity index is 1490. The number of rotatable bonds is 10. The molecule has 2 aliphatic heterocycles. The van der Waals surface area contributed by atoms with Gasteiger partial charge in [-0.15, -0.1) is 0 Å². The van der Waals surface area contributed by atoms with Crippen LogP contribution in [0.4, 0.5) is 8.78 Å². The molecule has 2 heterocycles. The topological polar surface area (TPSA) is 123 Å². The lowest BCUT2D eigenvalue weighted by molar-refractivity contribution is -0.146. The monoisotopic (exact) mass is 751 g/mol. The van der Waals surface area contributed by atoms with Crippen LogP contribution in [0.1, 0.15) is 157 Å². The molecular formula is C41H63F2NO7S. The van der Waals surface area contributed by atoms with Gasteiger partial charge in [-0.25, -0.2) is 17.2 Å². The molecule has 8 nitrogen and oxygen atoms in total. The summed E-state index contributed by atoms with van der Waals surface area (Å²) in [5.41, 5.74) is -0.926. The molecule has 3 aliphatic carbocycles. The summed E-state index contributed by atoms with van der Waals surface area (Å²) in [7, 11) is -3.54. The Morgan fingerprint density at radius 1 is 0.827 bits per heavy atom. The number of fused-ring (bicyclic) bond motifs is 3. The summed E-state index contributed by atoms with van der Waals surface area (Å²) in [4.78, 5) is 70.8. The van der Waals surface area contributed by atoms with E-state index in [1.54, 1.807) is 25.7 Å². The normalized spacial score (nSPS) is 31.4. The fourth-order valence-corrected chi connectivity index (χ4v) is 11.4. The SMILES string of the molecule is CC1(C)[C@@H]2[C@H]3C(=O)C[C@H](C(=O)C(=O)CC4CC4)CCCCCC(F)(F)CCC[C@H](CC(=O)CC4(CS(=O)(=O)C(C)(C)C)CCCCC4)C(=O)N3C[C@@H]21. The maximum atomic E-state index is 15.1. The lowest BCUT2D eigenvalue weighted by Crippen LogP contribution is -2.49. The summed E-state index contributed by atoms with van der Waals surface area (Å²) in [5.74, 6) is -6.52. The van der Waals surface area contributed by atoms with Crippen LogP contribution < -0.4 is 0 Å². The lowest BCUT2D eigenvalue weighted by Gasteiger charge is -2.39. The fraction of sp³-hybridized carbons (Fsp3) is 0.878. The average molecular weight is 752 g/mol. The van der Waals surface area contributed by atoms with Crippen molar-refractivity contribution in [3.8, 4) is 0 Å². The van der Waals surface area contributed by atoms with Crippen molar-refractivity contribution >= 4 is 38.9 Å². The first kappa shape index (κ1) is 41.1. The largest absolute Gasteiger partial charge is 0.332 e. The minimum atomic E-state index is -3.54. The quantitative estimate of drug-likeness (QED) is 0.208. The summed E-state index contributed by atoms with van der Waals surface area (Å²) in [5, 5.41) is 0. The first-order chi connectivity index (χ1) is 24.2. The van der Waals surface area contributed by atoms with E-state index in [9.17, 15) is 32.4 Å². The van der Waals surface area contributed by atoms with E-state index < -0.39 is 67.7 Å². The number of ketones is 4. The van der Waals surface area contributed by atoms with Crippen molar-refractivity contribution in [3.05, 3.63) is 0 Å². The van der Waals surface area contributed by atoms with Crippen LogP contribution in [0.2, 0.25) is 0 Å². The smallest absolute Gasteiger partial charge is 0.248 e. The number of hydrogen-bond donors (Lipinski definition) is 0. The molecule has 5 rings (SSSR count). The Balaban J connectivity index is 1.40. The predicted molar refractivity (Wildman–Crippen MR) is 195 cm³/mol. The van der Waals surface area contributed by atoms with Crippen LogP contribution in [0.25, 0.3) is 0 Å². The first-order valence-corrected chi connectivity index (χ1v) is 21.8. The highest BCUT2D eigenvalue weighted by Gasteiger charge is 2.69. The van der Waals surface area contributed by atoms with Crippen molar-refractivity contribution in [2.45, 2.75) is 173 Å². The van der Waals surface area contributed by atoms with E-state index in [1.807, 2.05) is 0 Å². The highest BCUT2D eigenvalue weighted by atomic mass is 32.2. The number of alkyl halides is 2. The molecular weight excluding hydrogens is 689 g/mol. The number of hydrogen-bond acceptors (Lipinski definition) is 7. The molecule has 0 aromatic heterocycles. The van der Waals surface area contributed by atoms with Gasteiger partial charge in [0.05, 0.1) is 16.5 Å². The summed E-state index contributed by atoms with van der Waals surface area (Å²) in [6.07, 6.45) is 6.27. The highest BCUT2D eigenvalue weighted by Crippen LogP contribution is 2.65. The highest BCUT2D eigenvalue weighted by molar-refractivity contribution is 7.92. The Morgan fingerprint density at radius 2 is 1.44 bits per heavy atom. The number of Topliss-reactive ketones (excluding diaryl/α,β-unsaturated/α-hetero) is 4. The summed E-state index contributed by atoms with van der Waals surface area (Å²) < 4.78 is 56.0. The number of piperidine rings is 1. The van der Waals surface area contributed by atoms with Crippen molar-refractivity contribution in [1.29, 1.82) is 0 Å². The van der Waals surface area contributed by atoms with Gasteiger partial charge in [0.1, 0.15) is 5.78 Å². The van der Waals surface area contributed by atoms with Gasteiger partial charge in [-0.2, -0.15) is 0 Å². The summed E-state index contributed by atoms with van der Waals surface area (Å²) >= 11 is 0. The van der Waals surface area contributed by atoms with E-state index in [0.29, 0.717) is 32.2 Å². The predicted octanol–water partition coefficient (Wildman–Crippen LogP) is 7.88. The fourth-order valence-electron chi connectivity index (χ4n) is 9.77. The van der Waals surface area contributed by atoms with Crippen LogP contribution in [0, 0.1) is 40.4 Å². The van der Waals surface area contributed by atoms with Crippen LogP contribution in [-0.2, 0) is 33.8 Å². The lowest BCUT2D eigenvalue weighted by atomic mass is 9.71. The average Bonchev–Trinajstić information content (AvgIpc) is 3.89. The molecule has 294 valence electrons. The first-order valence-electron chi connectivity index (χ1n) is 20.2.